The molecule has 1 aromatic carbocycles. The van der Waals surface area contributed by atoms with E-state index in [4.69, 9.17) is 16.0 Å². The largest absolute Gasteiger partial charge is 0.452 e. The molecule has 6 nitrogen and oxygen atoms in total. The van der Waals surface area contributed by atoms with Crippen LogP contribution in [0.25, 0.3) is 0 Å². The Labute approximate surface area is 144 Å². The third kappa shape index (κ3) is 3.60. The number of rotatable bonds is 3. The molecule has 0 spiro atoms. The van der Waals surface area contributed by atoms with Gasteiger partial charge in [-0.15, -0.1) is 0 Å². The van der Waals surface area contributed by atoms with Crippen LogP contribution in [0.4, 0.5) is 5.69 Å². The van der Waals surface area contributed by atoms with Gasteiger partial charge in [-0.25, -0.2) is 0 Å². The second-order valence-corrected chi connectivity index (χ2v) is 6.03. The van der Waals surface area contributed by atoms with Crippen molar-refractivity contribution in [3.05, 3.63) is 52.9 Å². The fourth-order valence-electron chi connectivity index (χ4n) is 2.71. The Morgan fingerprint density at radius 3 is 2.88 bits per heavy atom. The number of amides is 2. The van der Waals surface area contributed by atoms with E-state index in [2.05, 4.69) is 5.32 Å². The fraction of sp³-hybridized carbons (Fsp3) is 0.294. The number of halogens is 1. The van der Waals surface area contributed by atoms with E-state index in [1.807, 2.05) is 0 Å². The Morgan fingerprint density at radius 1 is 1.33 bits per heavy atom. The van der Waals surface area contributed by atoms with Crippen molar-refractivity contribution in [2.24, 2.45) is 0 Å². The Bertz CT molecular complexity index is 759. The number of aliphatic hydroxyl groups is 1. The molecular weight excluding hydrogens is 332 g/mol. The first kappa shape index (κ1) is 16.5. The van der Waals surface area contributed by atoms with Crippen molar-refractivity contribution >= 4 is 29.1 Å². The van der Waals surface area contributed by atoms with Crippen molar-refractivity contribution in [3.63, 3.8) is 0 Å². The fourth-order valence-corrected chi connectivity index (χ4v) is 2.91. The van der Waals surface area contributed by atoms with Crippen molar-refractivity contribution in [3.8, 4) is 0 Å². The maximum atomic E-state index is 12.5. The highest BCUT2D eigenvalue weighted by atomic mass is 35.5. The monoisotopic (exact) mass is 348 g/mol. The zero-order valence-electron chi connectivity index (χ0n) is 12.9. The summed E-state index contributed by atoms with van der Waals surface area (Å²) in [5.74, 6) is -0.571. The van der Waals surface area contributed by atoms with Crippen LogP contribution in [0.1, 0.15) is 33.6 Å². The summed E-state index contributed by atoms with van der Waals surface area (Å²) in [7, 11) is 0. The first-order valence-electron chi connectivity index (χ1n) is 7.66. The van der Waals surface area contributed by atoms with Gasteiger partial charge in [-0.3, -0.25) is 9.59 Å². The summed E-state index contributed by atoms with van der Waals surface area (Å²) in [4.78, 5) is 26.3. The average Bonchev–Trinajstić information content (AvgIpc) is 3.00. The summed E-state index contributed by atoms with van der Waals surface area (Å²) >= 11 is 5.79. The van der Waals surface area contributed by atoms with Crippen LogP contribution >= 0.6 is 11.6 Å². The third-order valence-corrected chi connectivity index (χ3v) is 4.21. The molecule has 0 radical (unpaired) electrons. The predicted molar refractivity (Wildman–Crippen MR) is 89.3 cm³/mol. The molecule has 2 aromatic rings. The number of β-amino-alcohol motifs (C(OH)–C–C–N with tert-alkyl or cyclic N) is 1. The first-order valence-corrected chi connectivity index (χ1v) is 8.04. The molecule has 1 atom stereocenters. The standard InChI is InChI=1S/C17H17ClN2O4/c18-15-14(6-8-24-15)16(22)19-12-4-1-3-11(9-12)17(23)20-7-2-5-13(21)10-20/h1,3-4,6,8-9,13,21H,2,5,7,10H2,(H,19,22)/t13-/m0/s1. The van der Waals surface area contributed by atoms with Crippen LogP contribution in [-0.2, 0) is 0 Å². The summed E-state index contributed by atoms with van der Waals surface area (Å²) < 4.78 is 4.89. The van der Waals surface area contributed by atoms with Crippen molar-refractivity contribution < 1.29 is 19.1 Å². The molecule has 126 valence electrons. The summed E-state index contributed by atoms with van der Waals surface area (Å²) in [6.07, 6.45) is 2.35. The smallest absolute Gasteiger partial charge is 0.260 e. The molecule has 2 N–H and O–H groups in total. The highest BCUT2D eigenvalue weighted by Crippen LogP contribution is 2.20. The minimum Gasteiger partial charge on any atom is -0.452 e. The maximum Gasteiger partial charge on any atom is 0.260 e. The molecule has 3 rings (SSSR count). The van der Waals surface area contributed by atoms with E-state index < -0.39 is 12.0 Å². The van der Waals surface area contributed by atoms with Crippen LogP contribution in [0.3, 0.4) is 0 Å². The third-order valence-electron chi connectivity index (χ3n) is 3.91. The Kier molecular flexibility index (Phi) is 4.87. The summed E-state index contributed by atoms with van der Waals surface area (Å²) in [6, 6.07) is 8.15. The van der Waals surface area contributed by atoms with Crippen molar-refractivity contribution in [1.82, 2.24) is 4.90 Å². The molecule has 0 saturated carbocycles. The first-order chi connectivity index (χ1) is 11.5. The number of hydrogen-bond acceptors (Lipinski definition) is 4. The van der Waals surface area contributed by atoms with Gasteiger partial charge in [0.05, 0.1) is 17.9 Å². The number of anilines is 1. The molecule has 7 heteroatoms. The number of carbonyl (C=O) groups excluding carboxylic acids is 2. The highest BCUT2D eigenvalue weighted by molar-refractivity contribution is 6.32. The van der Waals surface area contributed by atoms with E-state index in [0.717, 1.165) is 6.42 Å². The molecule has 24 heavy (non-hydrogen) atoms. The number of aliphatic hydroxyl groups excluding tert-OH is 1. The van der Waals surface area contributed by atoms with Gasteiger partial charge in [-0.1, -0.05) is 6.07 Å². The van der Waals surface area contributed by atoms with E-state index in [-0.39, 0.29) is 16.7 Å². The van der Waals surface area contributed by atoms with Crippen LogP contribution in [-0.4, -0.2) is 41.0 Å². The van der Waals surface area contributed by atoms with Gasteiger partial charge < -0.3 is 19.7 Å². The average molecular weight is 349 g/mol. The van der Waals surface area contributed by atoms with Gasteiger partial charge in [0, 0.05) is 24.3 Å². The van der Waals surface area contributed by atoms with Crippen LogP contribution in [0.2, 0.25) is 5.22 Å². The van der Waals surface area contributed by atoms with Gasteiger partial charge in [0.15, 0.2) is 0 Å². The topological polar surface area (TPSA) is 82.8 Å². The van der Waals surface area contributed by atoms with Crippen LogP contribution in [0.5, 0.6) is 0 Å². The van der Waals surface area contributed by atoms with E-state index in [9.17, 15) is 14.7 Å². The minimum atomic E-state index is -0.478. The normalized spacial score (nSPS) is 17.6. The second kappa shape index (κ2) is 7.07. The SMILES string of the molecule is O=C(Nc1cccc(C(=O)N2CCC[C@H](O)C2)c1)c1ccoc1Cl. The minimum absolute atomic E-state index is 0.0158. The highest BCUT2D eigenvalue weighted by Gasteiger charge is 2.23. The molecule has 1 fully saturated rings. The summed E-state index contributed by atoms with van der Waals surface area (Å²) in [5, 5.41) is 12.4. The van der Waals surface area contributed by atoms with Crippen molar-refractivity contribution in [2.75, 3.05) is 18.4 Å². The van der Waals surface area contributed by atoms with Gasteiger partial charge in [-0.05, 0) is 48.7 Å². The molecule has 0 unspecified atom stereocenters. The van der Waals surface area contributed by atoms with E-state index in [0.29, 0.717) is 30.8 Å². The van der Waals surface area contributed by atoms with Gasteiger partial charge in [-0.2, -0.15) is 0 Å². The van der Waals surface area contributed by atoms with Gasteiger partial charge in [0.25, 0.3) is 11.8 Å². The zero-order valence-corrected chi connectivity index (χ0v) is 13.6. The van der Waals surface area contributed by atoms with E-state index in [1.165, 1.54) is 12.3 Å². The number of nitrogens with zero attached hydrogens (tertiary/aromatic N) is 1. The van der Waals surface area contributed by atoms with Crippen molar-refractivity contribution in [1.29, 1.82) is 0 Å². The molecule has 2 amide bonds. The summed E-state index contributed by atoms with van der Waals surface area (Å²) in [5.41, 5.74) is 1.17. The van der Waals surface area contributed by atoms with Crippen LogP contribution < -0.4 is 5.32 Å². The van der Waals surface area contributed by atoms with Crippen LogP contribution in [0, 0.1) is 0 Å². The molecule has 1 aliphatic heterocycles. The Hall–Kier alpha value is -2.31. The van der Waals surface area contributed by atoms with Gasteiger partial charge in [0.2, 0.25) is 5.22 Å². The molecule has 1 aromatic heterocycles. The number of hydrogen-bond donors (Lipinski definition) is 2. The maximum absolute atomic E-state index is 12.5. The second-order valence-electron chi connectivity index (χ2n) is 5.69. The Morgan fingerprint density at radius 2 is 2.17 bits per heavy atom. The molecule has 0 bridgehead atoms. The summed E-state index contributed by atoms with van der Waals surface area (Å²) in [6.45, 7) is 0.956. The lowest BCUT2D eigenvalue weighted by atomic mass is 10.1. The quantitative estimate of drug-likeness (QED) is 0.893. The molecular formula is C17H17ClN2O4. The van der Waals surface area contributed by atoms with Crippen LogP contribution in [0.15, 0.2) is 41.0 Å². The van der Waals surface area contributed by atoms with Gasteiger partial charge in [0.1, 0.15) is 0 Å². The number of carbonyl (C=O) groups is 2. The number of likely N-dealkylation sites (tertiary alicyclic amines) is 1. The molecule has 1 aliphatic rings. The molecule has 0 aliphatic carbocycles. The van der Waals surface area contributed by atoms with Gasteiger partial charge >= 0.3 is 0 Å². The lowest BCUT2D eigenvalue weighted by Crippen LogP contribution is -2.42. The lowest BCUT2D eigenvalue weighted by molar-refractivity contribution is 0.0474. The van der Waals surface area contributed by atoms with E-state index in [1.54, 1.807) is 29.2 Å². The number of piperidine rings is 1. The number of nitrogens with one attached hydrogen (secondary N) is 1. The number of furan rings is 1. The molecule has 2 heterocycles. The van der Waals surface area contributed by atoms with E-state index >= 15 is 0 Å². The van der Waals surface area contributed by atoms with Crippen molar-refractivity contribution in [2.45, 2.75) is 18.9 Å². The number of benzene rings is 1. The molecule has 1 saturated heterocycles. The Balaban J connectivity index is 1.73. The predicted octanol–water partition coefficient (Wildman–Crippen LogP) is 2.78. The zero-order chi connectivity index (χ0) is 17.1. The lowest BCUT2D eigenvalue weighted by Gasteiger charge is -2.30.